The number of hydrogen-bond donors (Lipinski definition) is 2. The number of amides is 2. The quantitative estimate of drug-likeness (QED) is 0.378. The van der Waals surface area contributed by atoms with E-state index >= 15 is 0 Å². The van der Waals surface area contributed by atoms with E-state index in [1.165, 1.54) is 10.4 Å². The number of aryl methyl sites for hydroxylation is 2. The topological polar surface area (TPSA) is 107 Å². The molecule has 2 amide bonds. The molecule has 0 saturated carbocycles. The van der Waals surface area contributed by atoms with Crippen LogP contribution in [0.15, 0.2) is 34.2 Å². The van der Waals surface area contributed by atoms with E-state index in [-0.39, 0.29) is 24.9 Å². The number of fused-ring (bicyclic) bond motifs is 1. The number of nitrogens with one attached hydrogen (secondary N) is 2. The standard InChI is InChI=1S/C25H33N7O3S/c1-5-26-9-10-27-23(33)15-31(16-24(34)30(4)32-13-20-8-11-36-22(20)14-32)21-12-19(7-6-17(21)2)25-28-18(3)35-29-25/h6-8,11-12,26H,5,9-10,13-16H2,1-4H3,(H,27,33). The minimum atomic E-state index is -0.146. The van der Waals surface area contributed by atoms with Gasteiger partial charge in [0.2, 0.25) is 17.6 Å². The molecular formula is C25H33N7O3S. The Kier molecular flexibility index (Phi) is 8.34. The third-order valence-electron chi connectivity index (χ3n) is 6.17. The van der Waals surface area contributed by atoms with Gasteiger partial charge in [-0.15, -0.1) is 11.3 Å². The molecule has 4 rings (SSSR count). The van der Waals surface area contributed by atoms with Gasteiger partial charge in [-0.25, -0.2) is 5.01 Å². The van der Waals surface area contributed by atoms with Crippen LogP contribution < -0.4 is 15.5 Å². The van der Waals surface area contributed by atoms with Gasteiger partial charge in [-0.3, -0.25) is 14.6 Å². The van der Waals surface area contributed by atoms with Gasteiger partial charge < -0.3 is 20.1 Å². The summed E-state index contributed by atoms with van der Waals surface area (Å²) >= 11 is 1.71. The van der Waals surface area contributed by atoms with Crippen LogP contribution in [0.4, 0.5) is 5.69 Å². The summed E-state index contributed by atoms with van der Waals surface area (Å²) in [6.45, 7) is 9.29. The fourth-order valence-electron chi connectivity index (χ4n) is 4.13. The molecule has 0 radical (unpaired) electrons. The number of benzene rings is 1. The molecule has 192 valence electrons. The number of carbonyl (C=O) groups excluding carboxylic acids is 2. The summed E-state index contributed by atoms with van der Waals surface area (Å²) in [6.07, 6.45) is 0. The van der Waals surface area contributed by atoms with Gasteiger partial charge in [-0.2, -0.15) is 4.98 Å². The van der Waals surface area contributed by atoms with Crippen molar-refractivity contribution in [3.8, 4) is 11.4 Å². The van der Waals surface area contributed by atoms with Crippen molar-refractivity contribution >= 4 is 28.8 Å². The first-order valence-corrected chi connectivity index (χ1v) is 12.9. The van der Waals surface area contributed by atoms with Crippen molar-refractivity contribution in [2.75, 3.05) is 44.7 Å². The molecule has 1 aromatic carbocycles. The summed E-state index contributed by atoms with van der Waals surface area (Å²) in [4.78, 5) is 33.7. The minimum Gasteiger partial charge on any atom is -0.353 e. The molecule has 0 fully saturated rings. The van der Waals surface area contributed by atoms with Gasteiger partial charge in [0.1, 0.15) is 0 Å². The lowest BCUT2D eigenvalue weighted by atomic mass is 10.1. The number of rotatable bonds is 11. The second-order valence-electron chi connectivity index (χ2n) is 8.81. The van der Waals surface area contributed by atoms with Crippen molar-refractivity contribution in [2.45, 2.75) is 33.9 Å². The highest BCUT2D eigenvalue weighted by Gasteiger charge is 2.28. The van der Waals surface area contributed by atoms with Crippen LogP contribution in [0.25, 0.3) is 11.4 Å². The summed E-state index contributed by atoms with van der Waals surface area (Å²) in [7, 11) is 1.79. The second-order valence-corrected chi connectivity index (χ2v) is 9.81. The van der Waals surface area contributed by atoms with E-state index in [0.717, 1.165) is 23.4 Å². The smallest absolute Gasteiger partial charge is 0.256 e. The number of anilines is 1. The Balaban J connectivity index is 1.53. The van der Waals surface area contributed by atoms with E-state index < -0.39 is 0 Å². The van der Waals surface area contributed by atoms with E-state index in [2.05, 4.69) is 32.2 Å². The van der Waals surface area contributed by atoms with Crippen molar-refractivity contribution in [2.24, 2.45) is 0 Å². The van der Waals surface area contributed by atoms with E-state index in [9.17, 15) is 9.59 Å². The number of thiophene rings is 1. The monoisotopic (exact) mass is 511 g/mol. The number of hydrazine groups is 1. The summed E-state index contributed by atoms with van der Waals surface area (Å²) in [5, 5.41) is 15.9. The number of hydrogen-bond acceptors (Lipinski definition) is 9. The van der Waals surface area contributed by atoms with Crippen LogP contribution >= 0.6 is 11.3 Å². The van der Waals surface area contributed by atoms with Gasteiger partial charge >= 0.3 is 0 Å². The van der Waals surface area contributed by atoms with Gasteiger partial charge in [-0.05, 0) is 42.1 Å². The Bertz CT molecular complexity index is 1190. The van der Waals surface area contributed by atoms with E-state index in [1.54, 1.807) is 30.3 Å². The van der Waals surface area contributed by atoms with Crippen LogP contribution in [-0.4, -0.2) is 71.7 Å². The van der Waals surface area contributed by atoms with Gasteiger partial charge in [0.15, 0.2) is 0 Å². The average Bonchev–Trinajstić information content (AvgIpc) is 3.58. The summed E-state index contributed by atoms with van der Waals surface area (Å²) in [5.74, 6) is 0.702. The van der Waals surface area contributed by atoms with Crippen LogP contribution in [0.2, 0.25) is 0 Å². The predicted molar refractivity (Wildman–Crippen MR) is 139 cm³/mol. The lowest BCUT2D eigenvalue weighted by Crippen LogP contribution is -2.48. The molecule has 0 saturated heterocycles. The van der Waals surface area contributed by atoms with Crippen molar-refractivity contribution < 1.29 is 14.1 Å². The Hall–Kier alpha value is -3.28. The second kappa shape index (κ2) is 11.6. The lowest BCUT2D eigenvalue weighted by molar-refractivity contribution is -0.145. The fraction of sp³-hybridized carbons (Fsp3) is 0.440. The first-order valence-electron chi connectivity index (χ1n) is 12.1. The number of carbonyl (C=O) groups is 2. The van der Waals surface area contributed by atoms with Crippen LogP contribution in [0.3, 0.4) is 0 Å². The first kappa shape index (κ1) is 25.8. The van der Waals surface area contributed by atoms with Gasteiger partial charge in [-0.1, -0.05) is 24.2 Å². The summed E-state index contributed by atoms with van der Waals surface area (Å²) < 4.78 is 5.14. The maximum Gasteiger partial charge on any atom is 0.256 e. The third kappa shape index (κ3) is 6.10. The number of aromatic nitrogens is 2. The zero-order valence-electron chi connectivity index (χ0n) is 21.2. The molecule has 2 N–H and O–H groups in total. The molecule has 10 nitrogen and oxygen atoms in total. The van der Waals surface area contributed by atoms with Crippen LogP contribution in [0.1, 0.15) is 28.8 Å². The fourth-order valence-corrected chi connectivity index (χ4v) is 5.03. The molecule has 0 spiro atoms. The molecule has 3 heterocycles. The molecule has 3 aromatic rings. The van der Waals surface area contributed by atoms with Crippen molar-refractivity contribution in [3.05, 3.63) is 51.5 Å². The maximum atomic E-state index is 13.4. The van der Waals surface area contributed by atoms with E-state index in [1.807, 2.05) is 42.0 Å². The highest BCUT2D eigenvalue weighted by molar-refractivity contribution is 7.10. The minimum absolute atomic E-state index is 0.0502. The largest absolute Gasteiger partial charge is 0.353 e. The molecule has 0 aliphatic carbocycles. The number of likely N-dealkylation sites (N-methyl/N-ethyl adjacent to an activating group) is 2. The molecule has 0 unspecified atom stereocenters. The van der Waals surface area contributed by atoms with Gasteiger partial charge in [0, 0.05) is 49.7 Å². The molecule has 0 atom stereocenters. The van der Waals surface area contributed by atoms with Crippen molar-refractivity contribution in [1.82, 2.24) is 30.8 Å². The molecule has 0 bridgehead atoms. The Labute approximate surface area is 215 Å². The molecule has 2 aromatic heterocycles. The zero-order chi connectivity index (χ0) is 25.7. The van der Waals surface area contributed by atoms with Gasteiger partial charge in [0.25, 0.3) is 5.91 Å². The Morgan fingerprint density at radius 1 is 1.17 bits per heavy atom. The van der Waals surface area contributed by atoms with Crippen LogP contribution in [-0.2, 0) is 22.7 Å². The zero-order valence-corrected chi connectivity index (χ0v) is 22.0. The van der Waals surface area contributed by atoms with Gasteiger partial charge in [0.05, 0.1) is 19.6 Å². The highest BCUT2D eigenvalue weighted by Crippen LogP contribution is 2.29. The normalized spacial score (nSPS) is 13.0. The molecular weight excluding hydrogens is 478 g/mol. The summed E-state index contributed by atoms with van der Waals surface area (Å²) in [5.41, 5.74) is 3.74. The Morgan fingerprint density at radius 2 is 2.00 bits per heavy atom. The van der Waals surface area contributed by atoms with Crippen LogP contribution in [0.5, 0.6) is 0 Å². The number of nitrogens with zero attached hydrogens (tertiary/aromatic N) is 5. The van der Waals surface area contributed by atoms with Crippen molar-refractivity contribution in [3.63, 3.8) is 0 Å². The molecule has 36 heavy (non-hydrogen) atoms. The van der Waals surface area contributed by atoms with E-state index in [4.69, 9.17) is 4.52 Å². The third-order valence-corrected chi connectivity index (χ3v) is 7.12. The van der Waals surface area contributed by atoms with E-state index in [0.29, 0.717) is 37.9 Å². The summed E-state index contributed by atoms with van der Waals surface area (Å²) in [6, 6.07) is 7.87. The SMILES string of the molecule is CCNCCNC(=O)CN(CC(=O)N(C)N1Cc2ccsc2C1)c1cc(-c2noc(C)n2)ccc1C. The lowest BCUT2D eigenvalue weighted by Gasteiger charge is -2.32. The molecule has 11 heteroatoms. The van der Waals surface area contributed by atoms with Crippen molar-refractivity contribution in [1.29, 1.82) is 0 Å². The van der Waals surface area contributed by atoms with Crippen LogP contribution in [0, 0.1) is 13.8 Å². The Morgan fingerprint density at radius 3 is 2.72 bits per heavy atom. The highest BCUT2D eigenvalue weighted by atomic mass is 32.1. The average molecular weight is 512 g/mol. The molecule has 1 aliphatic rings. The first-order chi connectivity index (χ1) is 17.4. The maximum absolute atomic E-state index is 13.4. The predicted octanol–water partition coefficient (Wildman–Crippen LogP) is 2.34. The molecule has 1 aliphatic heterocycles.